The summed E-state index contributed by atoms with van der Waals surface area (Å²) in [6, 6.07) is 16.1. The number of aromatic nitrogens is 5. The number of hydrogen-bond acceptors (Lipinski definition) is 7. The van der Waals surface area contributed by atoms with Gasteiger partial charge in [0.05, 0.1) is 15.9 Å². The van der Waals surface area contributed by atoms with E-state index in [4.69, 9.17) is 15.7 Å². The number of nitrogens with two attached hydrogens (primary N) is 1. The first kappa shape index (κ1) is 20.3. The van der Waals surface area contributed by atoms with E-state index >= 15 is 0 Å². The van der Waals surface area contributed by atoms with Gasteiger partial charge in [-0.15, -0.1) is 11.3 Å². The highest BCUT2D eigenvalue weighted by atomic mass is 32.1. The molecule has 3 N–H and O–H groups in total. The van der Waals surface area contributed by atoms with Gasteiger partial charge < -0.3 is 11.1 Å². The smallest absolute Gasteiger partial charge is 0.162 e. The van der Waals surface area contributed by atoms with Crippen molar-refractivity contribution in [3.63, 3.8) is 0 Å². The Labute approximate surface area is 190 Å². The van der Waals surface area contributed by atoms with Crippen LogP contribution in [-0.4, -0.2) is 37.3 Å². The predicted molar refractivity (Wildman–Crippen MR) is 129 cm³/mol. The lowest BCUT2D eigenvalue weighted by atomic mass is 10.1. The number of nitrogens with one attached hydrogen (secondary N) is 1. The Morgan fingerprint density at radius 3 is 2.62 bits per heavy atom. The number of rotatable bonds is 7. The van der Waals surface area contributed by atoms with Gasteiger partial charge in [-0.1, -0.05) is 30.3 Å². The van der Waals surface area contributed by atoms with E-state index in [1.54, 1.807) is 28.4 Å². The van der Waals surface area contributed by atoms with Crippen molar-refractivity contribution in [1.29, 1.82) is 0 Å². The van der Waals surface area contributed by atoms with E-state index in [-0.39, 0.29) is 6.04 Å². The zero-order chi connectivity index (χ0) is 21.9. The van der Waals surface area contributed by atoms with Crippen LogP contribution in [0.2, 0.25) is 0 Å². The Morgan fingerprint density at radius 2 is 1.88 bits per heavy atom. The fourth-order valence-electron chi connectivity index (χ4n) is 3.63. The number of benzene rings is 1. The van der Waals surface area contributed by atoms with E-state index in [0.29, 0.717) is 12.4 Å². The average molecular weight is 442 g/mol. The van der Waals surface area contributed by atoms with Crippen molar-refractivity contribution in [2.75, 3.05) is 11.9 Å². The molecule has 0 aliphatic rings. The summed E-state index contributed by atoms with van der Waals surface area (Å²) in [5.41, 5.74) is 11.3. The van der Waals surface area contributed by atoms with Crippen molar-refractivity contribution < 1.29 is 0 Å². The molecule has 0 spiro atoms. The Morgan fingerprint density at radius 1 is 1.06 bits per heavy atom. The van der Waals surface area contributed by atoms with Gasteiger partial charge in [0.25, 0.3) is 0 Å². The topological polar surface area (TPSA) is 94.5 Å². The fraction of sp³-hybridized carbons (Fsp3) is 0.167. The van der Waals surface area contributed by atoms with Crippen LogP contribution in [-0.2, 0) is 13.5 Å². The molecule has 4 heterocycles. The van der Waals surface area contributed by atoms with Crippen molar-refractivity contribution >= 4 is 27.4 Å². The molecule has 5 rings (SSSR count). The Kier molecular flexibility index (Phi) is 5.62. The molecule has 1 atom stereocenters. The molecule has 0 radical (unpaired) electrons. The summed E-state index contributed by atoms with van der Waals surface area (Å²) in [7, 11) is 1.91. The van der Waals surface area contributed by atoms with Crippen LogP contribution < -0.4 is 11.1 Å². The highest BCUT2D eigenvalue weighted by molar-refractivity contribution is 7.18. The number of nitrogens with zero attached hydrogens (tertiary/aromatic N) is 5. The van der Waals surface area contributed by atoms with Crippen LogP contribution in [0, 0.1) is 0 Å². The lowest BCUT2D eigenvalue weighted by Crippen LogP contribution is -2.31. The summed E-state index contributed by atoms with van der Waals surface area (Å²) >= 11 is 1.61. The minimum absolute atomic E-state index is 0.0398. The van der Waals surface area contributed by atoms with Crippen LogP contribution >= 0.6 is 11.3 Å². The third kappa shape index (κ3) is 4.23. The van der Waals surface area contributed by atoms with Crippen LogP contribution in [0.1, 0.15) is 5.56 Å². The predicted octanol–water partition coefficient (Wildman–Crippen LogP) is 4.14. The molecular formula is C24H23N7S. The maximum Gasteiger partial charge on any atom is 0.162 e. The SMILES string of the molecule is Cn1ccc(-c2csc3c(NCC(N)Cc4ccccc4)nc(-c4ccncc4)nc23)n1. The molecule has 0 fully saturated rings. The minimum Gasteiger partial charge on any atom is -0.367 e. The van der Waals surface area contributed by atoms with Crippen molar-refractivity contribution in [3.05, 3.63) is 78.1 Å². The molecule has 0 bridgehead atoms. The molecule has 1 aromatic carbocycles. The first-order chi connectivity index (χ1) is 15.7. The molecule has 4 aromatic heterocycles. The molecule has 5 aromatic rings. The van der Waals surface area contributed by atoms with Gasteiger partial charge in [-0.05, 0) is 30.2 Å². The number of pyridine rings is 1. The number of anilines is 1. The second kappa shape index (κ2) is 8.86. The molecule has 160 valence electrons. The van der Waals surface area contributed by atoms with E-state index in [1.165, 1.54) is 5.56 Å². The van der Waals surface area contributed by atoms with Gasteiger partial charge >= 0.3 is 0 Å². The van der Waals surface area contributed by atoms with Crippen molar-refractivity contribution in [2.24, 2.45) is 12.8 Å². The highest BCUT2D eigenvalue weighted by Gasteiger charge is 2.17. The number of thiophene rings is 1. The van der Waals surface area contributed by atoms with Crippen LogP contribution in [0.25, 0.3) is 32.9 Å². The zero-order valence-corrected chi connectivity index (χ0v) is 18.5. The molecule has 0 aliphatic heterocycles. The van der Waals surface area contributed by atoms with Gasteiger partial charge in [0, 0.05) is 54.7 Å². The quantitative estimate of drug-likeness (QED) is 0.394. The standard InChI is InChI=1S/C24H23N7S/c1-31-12-9-20(30-31)19-15-32-22-21(19)28-23(17-7-10-26-11-8-17)29-24(22)27-14-18(25)13-16-5-3-2-4-6-16/h2-12,15,18H,13-14,25H2,1H3,(H,27,28,29). The average Bonchev–Trinajstić information content (AvgIpc) is 3.44. The van der Waals surface area contributed by atoms with E-state index < -0.39 is 0 Å². The molecule has 0 aliphatic carbocycles. The van der Waals surface area contributed by atoms with E-state index in [9.17, 15) is 0 Å². The summed E-state index contributed by atoms with van der Waals surface area (Å²) in [6.45, 7) is 0.605. The first-order valence-corrected chi connectivity index (χ1v) is 11.3. The zero-order valence-electron chi connectivity index (χ0n) is 17.6. The Bertz CT molecular complexity index is 1330. The minimum atomic E-state index is -0.0398. The second-order valence-electron chi connectivity index (χ2n) is 7.66. The monoisotopic (exact) mass is 441 g/mol. The molecule has 0 saturated heterocycles. The largest absolute Gasteiger partial charge is 0.367 e. The lowest BCUT2D eigenvalue weighted by molar-refractivity contribution is 0.698. The van der Waals surface area contributed by atoms with Gasteiger partial charge in [-0.2, -0.15) is 5.10 Å². The van der Waals surface area contributed by atoms with Crippen LogP contribution in [0.4, 0.5) is 5.82 Å². The van der Waals surface area contributed by atoms with E-state index in [0.717, 1.165) is 39.3 Å². The normalized spacial score (nSPS) is 12.2. The summed E-state index contributed by atoms with van der Waals surface area (Å²) in [4.78, 5) is 13.9. The maximum absolute atomic E-state index is 6.42. The fourth-order valence-corrected chi connectivity index (χ4v) is 4.59. The molecule has 0 saturated carbocycles. The van der Waals surface area contributed by atoms with E-state index in [2.05, 4.69) is 32.9 Å². The molecule has 7 nitrogen and oxygen atoms in total. The van der Waals surface area contributed by atoms with Crippen molar-refractivity contribution in [2.45, 2.75) is 12.5 Å². The van der Waals surface area contributed by atoms with Crippen LogP contribution in [0.15, 0.2) is 72.5 Å². The number of aryl methyl sites for hydroxylation is 1. The third-order valence-corrected chi connectivity index (χ3v) is 6.19. The molecule has 1 unspecified atom stereocenters. The summed E-state index contributed by atoms with van der Waals surface area (Å²) < 4.78 is 2.79. The van der Waals surface area contributed by atoms with Crippen LogP contribution in [0.3, 0.4) is 0 Å². The number of fused-ring (bicyclic) bond motifs is 1. The Hall–Kier alpha value is -3.62. The van der Waals surface area contributed by atoms with Gasteiger partial charge in [0.1, 0.15) is 5.82 Å². The molecule has 8 heteroatoms. The lowest BCUT2D eigenvalue weighted by Gasteiger charge is -2.14. The van der Waals surface area contributed by atoms with E-state index in [1.807, 2.05) is 49.6 Å². The third-order valence-electron chi connectivity index (χ3n) is 5.22. The summed E-state index contributed by atoms with van der Waals surface area (Å²) in [5, 5.41) is 10.1. The van der Waals surface area contributed by atoms with Crippen molar-refractivity contribution in [1.82, 2.24) is 24.7 Å². The van der Waals surface area contributed by atoms with Crippen LogP contribution in [0.5, 0.6) is 0 Å². The van der Waals surface area contributed by atoms with Crippen molar-refractivity contribution in [3.8, 4) is 22.6 Å². The van der Waals surface area contributed by atoms with Gasteiger partial charge in [0.15, 0.2) is 5.82 Å². The maximum atomic E-state index is 6.42. The molecule has 0 amide bonds. The van der Waals surface area contributed by atoms with Gasteiger partial charge in [0.2, 0.25) is 0 Å². The first-order valence-electron chi connectivity index (χ1n) is 10.4. The number of hydrogen-bond donors (Lipinski definition) is 2. The summed E-state index contributed by atoms with van der Waals surface area (Å²) in [5.74, 6) is 1.44. The highest BCUT2D eigenvalue weighted by Crippen LogP contribution is 2.36. The Balaban J connectivity index is 1.50. The summed E-state index contributed by atoms with van der Waals surface area (Å²) in [6.07, 6.45) is 6.23. The molecular weight excluding hydrogens is 418 g/mol. The second-order valence-corrected chi connectivity index (χ2v) is 8.54. The molecule has 32 heavy (non-hydrogen) atoms. The van der Waals surface area contributed by atoms with Gasteiger partial charge in [-0.25, -0.2) is 9.97 Å². The van der Waals surface area contributed by atoms with Gasteiger partial charge in [-0.3, -0.25) is 9.67 Å².